The Balaban J connectivity index is 1.20. The van der Waals surface area contributed by atoms with Crippen LogP contribution in [0.4, 0.5) is 0 Å². The van der Waals surface area contributed by atoms with E-state index in [9.17, 15) is 0 Å². The first-order valence-corrected chi connectivity index (χ1v) is 19.6. The molecule has 0 N–H and O–H groups in total. The Kier molecular flexibility index (Phi) is 7.07. The van der Waals surface area contributed by atoms with Gasteiger partial charge < -0.3 is 4.74 Å². The van der Waals surface area contributed by atoms with Crippen molar-refractivity contribution in [3.63, 3.8) is 0 Å². The van der Waals surface area contributed by atoms with Crippen LogP contribution in [0.2, 0.25) is 0 Å². The maximum atomic E-state index is 6.65. The van der Waals surface area contributed by atoms with Gasteiger partial charge in [-0.2, -0.15) is 0 Å². The zero-order valence-corrected chi connectivity index (χ0v) is 31.2. The Morgan fingerprint density at radius 3 is 1.50 bits per heavy atom. The van der Waals surface area contributed by atoms with Gasteiger partial charge in [-0.05, 0) is 52.6 Å². The van der Waals surface area contributed by atoms with Crippen molar-refractivity contribution >= 4 is 21.7 Å². The summed E-state index contributed by atoms with van der Waals surface area (Å²) < 4.78 is 6.65. The van der Waals surface area contributed by atoms with E-state index in [-0.39, 0.29) is 0 Å². The van der Waals surface area contributed by atoms with Crippen molar-refractivity contribution in [2.45, 2.75) is 5.41 Å². The third-order valence-electron chi connectivity index (χ3n) is 11.8. The van der Waals surface area contributed by atoms with Crippen molar-refractivity contribution in [1.29, 1.82) is 0 Å². The van der Waals surface area contributed by atoms with Crippen molar-refractivity contribution in [3.05, 3.63) is 216 Å². The van der Waals surface area contributed by atoms with Crippen LogP contribution < -0.4 is 4.74 Å². The van der Waals surface area contributed by atoms with Gasteiger partial charge >= 0.3 is 0 Å². The second kappa shape index (κ2) is 12.6. The molecule has 5 heteroatoms. The van der Waals surface area contributed by atoms with Crippen LogP contribution in [0.5, 0.6) is 11.5 Å². The number of ether oxygens (including phenoxy) is 1. The highest BCUT2D eigenvalue weighted by atomic mass is 16.5. The Morgan fingerprint density at radius 2 is 0.879 bits per heavy atom. The van der Waals surface area contributed by atoms with Gasteiger partial charge in [-0.15, -0.1) is 0 Å². The molecule has 8 aromatic carbocycles. The molecule has 0 amide bonds. The fourth-order valence-corrected chi connectivity index (χ4v) is 9.33. The Morgan fingerprint density at radius 1 is 0.362 bits per heavy atom. The molecule has 58 heavy (non-hydrogen) atoms. The Bertz CT molecular complexity index is 3150. The predicted molar refractivity (Wildman–Crippen MR) is 232 cm³/mol. The molecule has 12 rings (SSSR count). The minimum atomic E-state index is -0.602. The van der Waals surface area contributed by atoms with E-state index in [1.807, 2.05) is 60.7 Å². The zero-order valence-electron chi connectivity index (χ0n) is 31.2. The second-order valence-electron chi connectivity index (χ2n) is 14.9. The third-order valence-corrected chi connectivity index (χ3v) is 11.8. The standard InChI is InChI=1S/C53H32N4O/c1-4-16-33(17-5-1)49-38-29-30-43-48(37-22-10-11-23-40(37)53(43)41-24-12-14-26-45(41)58-46-27-15-13-25-42(46)53)47(38)39-32-36(28-31-44(39)54-49)52-56-50(34-18-6-2-7-19-34)55-51(57-52)35-20-8-3-9-21-35/h1-32H. The summed E-state index contributed by atoms with van der Waals surface area (Å²) in [5.74, 6) is 3.59. The molecule has 1 aliphatic heterocycles. The van der Waals surface area contributed by atoms with Gasteiger partial charge in [0.2, 0.25) is 0 Å². The van der Waals surface area contributed by atoms with Crippen LogP contribution in [-0.4, -0.2) is 19.9 Å². The highest BCUT2D eigenvalue weighted by molar-refractivity contribution is 6.20. The molecule has 0 bridgehead atoms. The van der Waals surface area contributed by atoms with Crippen LogP contribution in [0.25, 0.3) is 78.2 Å². The molecular formula is C53H32N4O. The van der Waals surface area contributed by atoms with Crippen LogP contribution in [0, 0.1) is 0 Å². The van der Waals surface area contributed by atoms with E-state index in [1.54, 1.807) is 0 Å². The molecule has 270 valence electrons. The zero-order chi connectivity index (χ0) is 38.2. The average molecular weight is 741 g/mol. The Labute approximate surface area is 335 Å². The van der Waals surface area contributed by atoms with Crippen LogP contribution in [-0.2, 0) is 5.41 Å². The summed E-state index contributed by atoms with van der Waals surface area (Å²) in [5.41, 5.74) is 12.2. The van der Waals surface area contributed by atoms with Gasteiger partial charge in [-0.3, -0.25) is 0 Å². The number of fused-ring (bicyclic) bond motifs is 13. The number of benzene rings is 8. The van der Waals surface area contributed by atoms with E-state index >= 15 is 0 Å². The van der Waals surface area contributed by atoms with Crippen LogP contribution >= 0.6 is 0 Å². The molecule has 1 spiro atoms. The normalized spacial score (nSPS) is 13.1. The van der Waals surface area contributed by atoms with Gasteiger partial charge in [-0.1, -0.05) is 164 Å². The molecular weight excluding hydrogens is 709 g/mol. The molecule has 10 aromatic rings. The molecule has 0 fully saturated rings. The topological polar surface area (TPSA) is 60.8 Å². The summed E-state index contributed by atoms with van der Waals surface area (Å²) in [6.07, 6.45) is 0. The summed E-state index contributed by atoms with van der Waals surface area (Å²) in [4.78, 5) is 20.6. The molecule has 0 saturated heterocycles. The lowest BCUT2D eigenvalue weighted by Gasteiger charge is -2.39. The molecule has 2 aliphatic rings. The summed E-state index contributed by atoms with van der Waals surface area (Å²) >= 11 is 0. The molecule has 2 aromatic heterocycles. The van der Waals surface area contributed by atoms with Gasteiger partial charge in [0.25, 0.3) is 0 Å². The fraction of sp³-hybridized carbons (Fsp3) is 0.0189. The molecule has 3 heterocycles. The van der Waals surface area contributed by atoms with E-state index in [1.165, 1.54) is 22.3 Å². The van der Waals surface area contributed by atoms with Gasteiger partial charge in [-0.25, -0.2) is 19.9 Å². The largest absolute Gasteiger partial charge is 0.457 e. The summed E-state index contributed by atoms with van der Waals surface area (Å²) in [6.45, 7) is 0. The highest BCUT2D eigenvalue weighted by Gasteiger charge is 2.51. The van der Waals surface area contributed by atoms with Crippen molar-refractivity contribution in [2.75, 3.05) is 0 Å². The number of hydrogen-bond donors (Lipinski definition) is 0. The van der Waals surface area contributed by atoms with Crippen molar-refractivity contribution < 1.29 is 4.74 Å². The number of nitrogens with zero attached hydrogens (tertiary/aromatic N) is 4. The lowest BCUT2D eigenvalue weighted by atomic mass is 9.66. The lowest BCUT2D eigenvalue weighted by Crippen LogP contribution is -2.32. The maximum Gasteiger partial charge on any atom is 0.164 e. The van der Waals surface area contributed by atoms with Gasteiger partial charge in [0.15, 0.2) is 17.5 Å². The van der Waals surface area contributed by atoms with Crippen molar-refractivity contribution in [3.8, 4) is 68.0 Å². The fourth-order valence-electron chi connectivity index (χ4n) is 9.33. The van der Waals surface area contributed by atoms with Crippen molar-refractivity contribution in [2.24, 2.45) is 0 Å². The summed E-state index contributed by atoms with van der Waals surface area (Å²) in [7, 11) is 0. The molecule has 5 nitrogen and oxygen atoms in total. The first-order valence-electron chi connectivity index (χ1n) is 19.6. The van der Waals surface area contributed by atoms with E-state index in [0.717, 1.165) is 72.2 Å². The first kappa shape index (κ1) is 32.5. The van der Waals surface area contributed by atoms with Crippen molar-refractivity contribution in [1.82, 2.24) is 19.9 Å². The number of aromatic nitrogens is 4. The first-order chi connectivity index (χ1) is 28.8. The van der Waals surface area contributed by atoms with E-state index in [4.69, 9.17) is 24.7 Å². The molecule has 0 radical (unpaired) electrons. The highest BCUT2D eigenvalue weighted by Crippen LogP contribution is 2.63. The quantitative estimate of drug-likeness (QED) is 0.168. The minimum absolute atomic E-state index is 0.602. The van der Waals surface area contributed by atoms with Crippen LogP contribution in [0.15, 0.2) is 194 Å². The van der Waals surface area contributed by atoms with E-state index < -0.39 is 5.41 Å². The third kappa shape index (κ3) is 4.71. The average Bonchev–Trinajstić information content (AvgIpc) is 3.60. The number of para-hydroxylation sites is 2. The second-order valence-corrected chi connectivity index (χ2v) is 14.9. The predicted octanol–water partition coefficient (Wildman–Crippen LogP) is 12.7. The summed E-state index contributed by atoms with van der Waals surface area (Å²) in [5, 5.41) is 3.27. The number of hydrogen-bond acceptors (Lipinski definition) is 5. The van der Waals surface area contributed by atoms with Crippen LogP contribution in [0.3, 0.4) is 0 Å². The van der Waals surface area contributed by atoms with E-state index in [2.05, 4.69) is 133 Å². The molecule has 0 unspecified atom stereocenters. The SMILES string of the molecule is c1ccc(-c2nc(-c3ccccc3)nc(-c3ccc4nc(-c5ccccc5)c5ccc6c(c5c4c3)-c3ccccc3C63c4ccccc4Oc4ccccc43)n2)cc1. The van der Waals surface area contributed by atoms with Gasteiger partial charge in [0.1, 0.15) is 11.5 Å². The molecule has 0 atom stereocenters. The number of pyridine rings is 1. The molecule has 1 aliphatic carbocycles. The summed E-state index contributed by atoms with van der Waals surface area (Å²) in [6, 6.07) is 67.8. The van der Waals surface area contributed by atoms with Gasteiger partial charge in [0, 0.05) is 49.5 Å². The molecule has 0 saturated carbocycles. The smallest absolute Gasteiger partial charge is 0.164 e. The monoisotopic (exact) mass is 740 g/mol. The lowest BCUT2D eigenvalue weighted by molar-refractivity contribution is 0.436. The number of rotatable bonds is 4. The minimum Gasteiger partial charge on any atom is -0.457 e. The van der Waals surface area contributed by atoms with E-state index in [0.29, 0.717) is 17.5 Å². The Hall–Kier alpha value is -7.76. The van der Waals surface area contributed by atoms with Gasteiger partial charge in [0.05, 0.1) is 16.6 Å². The maximum absolute atomic E-state index is 6.65. The van der Waals surface area contributed by atoms with Crippen LogP contribution in [0.1, 0.15) is 22.3 Å².